The van der Waals surface area contributed by atoms with Gasteiger partial charge >= 0.3 is 23.6 Å². The lowest BCUT2D eigenvalue weighted by Gasteiger charge is -2.36. The molecule has 1 fully saturated rings. The molecular formula is C32H28N2O9. The average molecular weight is 585 g/mol. The molecule has 11 nitrogen and oxygen atoms in total. The monoisotopic (exact) mass is 584 g/mol. The van der Waals surface area contributed by atoms with Gasteiger partial charge in [0.25, 0.3) is 5.56 Å². The second kappa shape index (κ2) is 12.7. The number of aromatic nitrogens is 2. The van der Waals surface area contributed by atoms with Crippen molar-refractivity contribution in [3.05, 3.63) is 141 Å². The smallest absolute Gasteiger partial charge is 0.338 e. The van der Waals surface area contributed by atoms with Crippen molar-refractivity contribution in [1.82, 2.24) is 9.55 Å². The Bertz CT molecular complexity index is 1700. The Labute approximate surface area is 245 Å². The van der Waals surface area contributed by atoms with Crippen molar-refractivity contribution in [3.63, 3.8) is 0 Å². The van der Waals surface area contributed by atoms with Gasteiger partial charge in [-0.1, -0.05) is 61.5 Å². The van der Waals surface area contributed by atoms with Crippen LogP contribution in [0.4, 0.5) is 0 Å². The number of esters is 3. The zero-order chi connectivity index (χ0) is 30.4. The molecule has 4 aromatic rings. The Morgan fingerprint density at radius 1 is 0.791 bits per heavy atom. The second-order valence-corrected chi connectivity index (χ2v) is 9.75. The highest BCUT2D eigenvalue weighted by Crippen LogP contribution is 2.44. The van der Waals surface area contributed by atoms with Crippen LogP contribution in [-0.4, -0.2) is 51.9 Å². The lowest BCUT2D eigenvalue weighted by Crippen LogP contribution is -2.54. The third-order valence-corrected chi connectivity index (χ3v) is 7.18. The van der Waals surface area contributed by atoms with E-state index in [2.05, 4.69) is 4.98 Å². The van der Waals surface area contributed by atoms with Crippen LogP contribution in [0.1, 0.15) is 50.6 Å². The number of benzene rings is 3. The van der Waals surface area contributed by atoms with Gasteiger partial charge in [-0.25, -0.2) is 19.2 Å². The summed E-state index contributed by atoms with van der Waals surface area (Å²) in [6.45, 7) is 1.27. The number of aromatic amines is 1. The number of rotatable bonds is 9. The minimum Gasteiger partial charge on any atom is -0.459 e. The first-order chi connectivity index (χ1) is 20.8. The van der Waals surface area contributed by atoms with Crippen LogP contribution in [-0.2, 0) is 18.9 Å². The van der Waals surface area contributed by atoms with Crippen molar-refractivity contribution < 1.29 is 33.3 Å². The number of ether oxygens (including phenoxy) is 4. The molecule has 1 saturated heterocycles. The molecule has 1 N–H and O–H groups in total. The van der Waals surface area contributed by atoms with Gasteiger partial charge in [0, 0.05) is 12.3 Å². The molecule has 2 heterocycles. The summed E-state index contributed by atoms with van der Waals surface area (Å²) in [4.78, 5) is 66.7. The normalized spacial score (nSPS) is 21.1. The van der Waals surface area contributed by atoms with Gasteiger partial charge in [0.1, 0.15) is 12.7 Å². The molecule has 0 saturated carbocycles. The van der Waals surface area contributed by atoms with Gasteiger partial charge in [-0.2, -0.15) is 0 Å². The topological polar surface area (TPSA) is 143 Å². The van der Waals surface area contributed by atoms with E-state index in [9.17, 15) is 24.0 Å². The maximum Gasteiger partial charge on any atom is 0.338 e. The zero-order valence-corrected chi connectivity index (χ0v) is 23.1. The predicted octanol–water partition coefficient (Wildman–Crippen LogP) is 3.52. The first-order valence-corrected chi connectivity index (χ1v) is 13.6. The Morgan fingerprint density at radius 3 is 1.86 bits per heavy atom. The summed E-state index contributed by atoms with van der Waals surface area (Å²) < 4.78 is 25.0. The number of hydrogen-bond acceptors (Lipinski definition) is 9. The quantitative estimate of drug-likeness (QED) is 0.231. The molecule has 11 heteroatoms. The first-order valence-electron chi connectivity index (χ1n) is 13.6. The Balaban J connectivity index is 1.58. The van der Waals surface area contributed by atoms with Gasteiger partial charge in [0.2, 0.25) is 0 Å². The summed E-state index contributed by atoms with van der Waals surface area (Å²) >= 11 is 0. The summed E-state index contributed by atoms with van der Waals surface area (Å²) in [5.41, 5.74) is -2.54. The number of carbonyl (C=O) groups excluding carboxylic acids is 3. The van der Waals surface area contributed by atoms with E-state index >= 15 is 0 Å². The maximum absolute atomic E-state index is 13.5. The van der Waals surface area contributed by atoms with Crippen molar-refractivity contribution in [2.75, 3.05) is 6.61 Å². The molecule has 1 aromatic heterocycles. The van der Waals surface area contributed by atoms with E-state index in [1.54, 1.807) is 97.9 Å². The Kier molecular flexibility index (Phi) is 8.63. The van der Waals surface area contributed by atoms with Crippen LogP contribution in [0.25, 0.3) is 0 Å². The van der Waals surface area contributed by atoms with E-state index in [0.717, 1.165) is 10.6 Å². The lowest BCUT2D eigenvalue weighted by atomic mass is 9.88. The number of H-pyrrole nitrogens is 1. The molecule has 43 heavy (non-hydrogen) atoms. The fourth-order valence-corrected chi connectivity index (χ4v) is 4.95. The minimum absolute atomic E-state index is 0.0282. The molecule has 5 rings (SSSR count). The summed E-state index contributed by atoms with van der Waals surface area (Å²) in [6.07, 6.45) is -2.77. The van der Waals surface area contributed by atoms with Crippen molar-refractivity contribution in [2.45, 2.75) is 37.4 Å². The predicted molar refractivity (Wildman–Crippen MR) is 152 cm³/mol. The zero-order valence-electron chi connectivity index (χ0n) is 23.1. The molecule has 220 valence electrons. The lowest BCUT2D eigenvalue weighted by molar-refractivity contribution is -0.111. The van der Waals surface area contributed by atoms with Gasteiger partial charge in [-0.15, -0.1) is 0 Å². The average Bonchev–Trinajstić information content (AvgIpc) is 3.33. The van der Waals surface area contributed by atoms with Crippen molar-refractivity contribution in [1.29, 1.82) is 0 Å². The molecule has 4 atom stereocenters. The highest BCUT2D eigenvalue weighted by atomic mass is 16.7. The van der Waals surface area contributed by atoms with Crippen LogP contribution in [0, 0.1) is 0 Å². The molecule has 0 aliphatic carbocycles. The summed E-state index contributed by atoms with van der Waals surface area (Å²) in [6, 6.07) is 25.7. The number of nitrogens with one attached hydrogen (secondary N) is 1. The van der Waals surface area contributed by atoms with Gasteiger partial charge < -0.3 is 18.9 Å². The SMILES string of the molecule is CC[C@@]1(OC(=O)c2ccccc2)[C@@H](COC(=O)c2ccccc2)O[C@@H](n2ccc(=O)[nH]c2=O)[C@@H]1OC(=O)c1ccccc1. The van der Waals surface area contributed by atoms with E-state index in [1.807, 2.05) is 0 Å². The van der Waals surface area contributed by atoms with Gasteiger partial charge in [0.05, 0.1) is 16.7 Å². The number of nitrogens with zero attached hydrogens (tertiary/aromatic N) is 1. The highest BCUT2D eigenvalue weighted by Gasteiger charge is 2.62. The molecule has 1 aliphatic rings. The van der Waals surface area contributed by atoms with Gasteiger partial charge in [-0.3, -0.25) is 14.3 Å². The molecule has 0 radical (unpaired) electrons. The van der Waals surface area contributed by atoms with Crippen molar-refractivity contribution in [2.24, 2.45) is 0 Å². The number of carbonyl (C=O) groups is 3. The number of hydrogen-bond donors (Lipinski definition) is 1. The molecule has 0 unspecified atom stereocenters. The maximum atomic E-state index is 13.5. The first kappa shape index (κ1) is 29.2. The van der Waals surface area contributed by atoms with Gasteiger partial charge in [-0.05, 0) is 42.8 Å². The van der Waals surface area contributed by atoms with Crippen molar-refractivity contribution >= 4 is 17.9 Å². The van der Waals surface area contributed by atoms with Crippen LogP contribution >= 0.6 is 0 Å². The summed E-state index contributed by atoms with van der Waals surface area (Å²) in [5.74, 6) is -2.18. The van der Waals surface area contributed by atoms with E-state index in [1.165, 1.54) is 6.20 Å². The van der Waals surface area contributed by atoms with Crippen LogP contribution in [0.3, 0.4) is 0 Å². The van der Waals surface area contributed by atoms with E-state index < -0.39 is 59.8 Å². The summed E-state index contributed by atoms with van der Waals surface area (Å²) in [5, 5.41) is 0. The fourth-order valence-electron chi connectivity index (χ4n) is 4.95. The highest BCUT2D eigenvalue weighted by molar-refractivity contribution is 5.91. The van der Waals surface area contributed by atoms with E-state index in [0.29, 0.717) is 0 Å². The largest absolute Gasteiger partial charge is 0.459 e. The Hall–Kier alpha value is -5.29. The molecule has 3 aromatic carbocycles. The Morgan fingerprint density at radius 2 is 1.33 bits per heavy atom. The second-order valence-electron chi connectivity index (χ2n) is 9.75. The molecule has 0 bridgehead atoms. The summed E-state index contributed by atoms with van der Waals surface area (Å²) in [7, 11) is 0. The third kappa shape index (κ3) is 6.16. The molecular weight excluding hydrogens is 556 g/mol. The standard InChI is InChI=1S/C32H28N2O9/c1-2-32(43-30(38)23-16-10-5-11-17-23)24(20-40-28(36)21-12-6-3-7-13-21)41-27(34-19-18-25(35)33-31(34)39)26(32)42-29(37)22-14-8-4-9-15-22/h3-19,24,26-27H,2,20H2,1H3,(H,33,35,39)/t24-,26+,27-,32-/m1/s1. The van der Waals surface area contributed by atoms with Crippen LogP contribution in [0.2, 0.25) is 0 Å². The molecule has 0 spiro atoms. The fraction of sp³-hybridized carbons (Fsp3) is 0.219. The molecule has 0 amide bonds. The third-order valence-electron chi connectivity index (χ3n) is 7.18. The van der Waals surface area contributed by atoms with Gasteiger partial charge in [0.15, 0.2) is 17.9 Å². The van der Waals surface area contributed by atoms with E-state index in [-0.39, 0.29) is 23.1 Å². The van der Waals surface area contributed by atoms with Crippen LogP contribution < -0.4 is 11.2 Å². The molecule has 1 aliphatic heterocycles. The minimum atomic E-state index is -1.74. The van der Waals surface area contributed by atoms with Crippen molar-refractivity contribution in [3.8, 4) is 0 Å². The van der Waals surface area contributed by atoms with Crippen LogP contribution in [0.15, 0.2) is 113 Å². The van der Waals surface area contributed by atoms with E-state index in [4.69, 9.17) is 18.9 Å². The van der Waals surface area contributed by atoms with Crippen LogP contribution in [0.5, 0.6) is 0 Å².